The Balaban J connectivity index is 1.55. The van der Waals surface area contributed by atoms with Crippen LogP contribution in [0.4, 0.5) is 4.69 Å². The third kappa shape index (κ3) is 5.38. The van der Waals surface area contributed by atoms with Crippen molar-refractivity contribution in [2.24, 2.45) is 5.16 Å². The molecule has 15 heteroatoms. The maximum atomic E-state index is 13.1. The Morgan fingerprint density at radius 1 is 1.32 bits per heavy atom. The van der Waals surface area contributed by atoms with E-state index in [2.05, 4.69) is 15.5 Å². The fourth-order valence-corrected chi connectivity index (χ4v) is 6.06. The molecular formula is C22H23N6O7SSe+. The van der Waals surface area contributed by atoms with Crippen molar-refractivity contribution in [2.45, 2.75) is 37.4 Å². The summed E-state index contributed by atoms with van der Waals surface area (Å²) in [5, 5.41) is 24.8. The predicted octanol–water partition coefficient (Wildman–Crippen LogP) is -0.969. The number of carbonyl (C=O) groups is 4. The fraction of sp³-hybridized carbons (Fsp3) is 0.318. The first kappa shape index (κ1) is 26.4. The van der Waals surface area contributed by atoms with Crippen molar-refractivity contribution in [2.75, 3.05) is 11.5 Å². The predicted molar refractivity (Wildman–Crippen MR) is 131 cm³/mol. The van der Waals surface area contributed by atoms with Gasteiger partial charge in [-0.15, -0.1) is 0 Å². The van der Waals surface area contributed by atoms with Crippen LogP contribution in [0.1, 0.15) is 19.5 Å². The number of hydrogen-bond acceptors (Lipinski definition) is 9. The number of aromatic nitrogens is 2. The van der Waals surface area contributed by atoms with Gasteiger partial charge in [0.15, 0.2) is 12.4 Å². The summed E-state index contributed by atoms with van der Waals surface area (Å²) >= 11 is 1.01. The molecule has 2 aliphatic rings. The van der Waals surface area contributed by atoms with Crippen molar-refractivity contribution in [3.63, 3.8) is 0 Å². The molecule has 13 nitrogen and oxygen atoms in total. The van der Waals surface area contributed by atoms with Crippen LogP contribution in [-0.4, -0.2) is 86.8 Å². The monoisotopic (exact) mass is 595 g/mol. The number of hydrogen-bond donors (Lipinski definition) is 4. The summed E-state index contributed by atoms with van der Waals surface area (Å²) in [6.45, 7) is 2.82. The van der Waals surface area contributed by atoms with E-state index in [4.69, 9.17) is 10.6 Å². The Morgan fingerprint density at radius 3 is 2.62 bits per heavy atom. The van der Waals surface area contributed by atoms with Gasteiger partial charge in [0, 0.05) is 12.1 Å². The molecule has 194 valence electrons. The number of anilines is 1. The van der Waals surface area contributed by atoms with Gasteiger partial charge in [-0.05, 0) is 0 Å². The van der Waals surface area contributed by atoms with Crippen LogP contribution in [-0.2, 0) is 30.6 Å². The van der Waals surface area contributed by atoms with E-state index in [1.807, 2.05) is 22.8 Å². The SMILES string of the molecule is CC(C)(O/N=C(\C(=O)NC1C(=O)N2C(C(=O)O)=C(C[n+]3ccccc3)CSC12)c1c[se]c(N)n1)C(=O)O. The number of pyridine rings is 1. The second kappa shape index (κ2) is 10.4. The van der Waals surface area contributed by atoms with Crippen LogP contribution < -0.4 is 15.6 Å². The van der Waals surface area contributed by atoms with Gasteiger partial charge in [-0.3, -0.25) is 0 Å². The van der Waals surface area contributed by atoms with E-state index < -0.39 is 40.8 Å². The van der Waals surface area contributed by atoms with Crippen molar-refractivity contribution in [1.82, 2.24) is 15.2 Å². The number of nitrogens with two attached hydrogens (primary N) is 1. The van der Waals surface area contributed by atoms with E-state index >= 15 is 0 Å². The molecule has 4 rings (SSSR count). The summed E-state index contributed by atoms with van der Waals surface area (Å²) in [6.07, 6.45) is 3.60. The average Bonchev–Trinajstić information content (AvgIpc) is 3.28. The Labute approximate surface area is 220 Å². The van der Waals surface area contributed by atoms with Crippen LogP contribution in [0, 0.1) is 0 Å². The van der Waals surface area contributed by atoms with Gasteiger partial charge >= 0.3 is 190 Å². The zero-order valence-electron chi connectivity index (χ0n) is 19.7. The molecule has 1 saturated heterocycles. The van der Waals surface area contributed by atoms with Gasteiger partial charge in [-0.2, -0.15) is 0 Å². The number of nitrogen functional groups attached to an aromatic ring is 1. The number of nitrogens with one attached hydrogen (secondary N) is 1. The molecule has 2 atom stereocenters. The molecule has 2 unspecified atom stereocenters. The van der Waals surface area contributed by atoms with Gasteiger partial charge in [0.25, 0.3) is 0 Å². The van der Waals surface area contributed by atoms with Crippen LogP contribution in [0.15, 0.2) is 52.0 Å². The van der Waals surface area contributed by atoms with Crippen molar-refractivity contribution >= 4 is 60.4 Å². The third-order valence-electron chi connectivity index (χ3n) is 5.55. The molecule has 0 radical (unpaired) electrons. The molecule has 0 bridgehead atoms. The molecule has 1 fully saturated rings. The maximum absolute atomic E-state index is 13.1. The number of β-lactam (4-membered cyclic amide) rings is 1. The number of carboxylic acid groups (broad SMARTS) is 2. The second-order valence-corrected chi connectivity index (χ2v) is 11.6. The second-order valence-electron chi connectivity index (χ2n) is 8.58. The summed E-state index contributed by atoms with van der Waals surface area (Å²) < 4.78 is 2.10. The number of carbonyl (C=O) groups excluding carboxylic acids is 2. The summed E-state index contributed by atoms with van der Waals surface area (Å²) in [7, 11) is 0. The van der Waals surface area contributed by atoms with Crippen LogP contribution >= 0.6 is 11.8 Å². The van der Waals surface area contributed by atoms with Crippen molar-refractivity contribution < 1.29 is 38.8 Å². The molecule has 0 aliphatic carbocycles. The van der Waals surface area contributed by atoms with Gasteiger partial charge in [0.05, 0.1) is 0 Å². The normalized spacial score (nSPS) is 19.7. The van der Waals surface area contributed by atoms with Crippen LogP contribution in [0.3, 0.4) is 0 Å². The number of oxime groups is 1. The molecule has 2 aromatic heterocycles. The molecule has 2 amide bonds. The number of thioether (sulfide) groups is 1. The Morgan fingerprint density at radius 2 is 2.03 bits per heavy atom. The van der Waals surface area contributed by atoms with E-state index in [0.29, 0.717) is 17.9 Å². The van der Waals surface area contributed by atoms with Gasteiger partial charge in [-0.25, -0.2) is 0 Å². The molecular weight excluding hydrogens is 571 g/mol. The van der Waals surface area contributed by atoms with E-state index in [0.717, 1.165) is 0 Å². The summed E-state index contributed by atoms with van der Waals surface area (Å²) in [5.74, 6) is -3.60. The fourth-order valence-electron chi connectivity index (χ4n) is 3.57. The van der Waals surface area contributed by atoms with Crippen LogP contribution in [0.2, 0.25) is 0 Å². The first-order valence-corrected chi connectivity index (χ1v) is 13.7. The summed E-state index contributed by atoms with van der Waals surface area (Å²) in [4.78, 5) is 61.6. The topological polar surface area (TPSA) is 188 Å². The van der Waals surface area contributed by atoms with Crippen molar-refractivity contribution in [3.05, 3.63) is 52.5 Å². The third-order valence-corrected chi connectivity index (χ3v) is 8.30. The summed E-state index contributed by atoms with van der Waals surface area (Å²) in [6, 6.07) is 4.46. The van der Waals surface area contributed by atoms with Gasteiger partial charge in [-0.1, -0.05) is 6.07 Å². The van der Waals surface area contributed by atoms with Crippen LogP contribution in [0.25, 0.3) is 0 Å². The van der Waals surface area contributed by atoms with Gasteiger partial charge in [0.1, 0.15) is 0 Å². The summed E-state index contributed by atoms with van der Waals surface area (Å²) in [5.41, 5.74) is 4.23. The molecule has 4 heterocycles. The number of aliphatic carboxylic acids is 2. The Hall–Kier alpha value is -3.68. The Bertz CT molecular complexity index is 1330. The zero-order chi connectivity index (χ0) is 26.9. The van der Waals surface area contributed by atoms with Gasteiger partial charge < -0.3 is 0 Å². The number of rotatable bonds is 9. The minimum absolute atomic E-state index is 0.101. The first-order valence-electron chi connectivity index (χ1n) is 10.9. The number of fused-ring (bicyclic) bond motifs is 1. The number of amides is 2. The van der Waals surface area contributed by atoms with E-state index in [1.165, 1.54) is 30.5 Å². The van der Waals surface area contributed by atoms with Crippen LogP contribution in [0.5, 0.6) is 0 Å². The molecule has 37 heavy (non-hydrogen) atoms. The zero-order valence-corrected chi connectivity index (χ0v) is 22.2. The van der Waals surface area contributed by atoms with E-state index in [1.54, 1.807) is 17.3 Å². The minimum atomic E-state index is -1.73. The first-order chi connectivity index (χ1) is 17.5. The Kier molecular flexibility index (Phi) is 7.39. The molecule has 0 saturated carbocycles. The quantitative estimate of drug-likeness (QED) is 0.0925. The molecule has 0 spiro atoms. The van der Waals surface area contributed by atoms with Gasteiger partial charge in [0.2, 0.25) is 0 Å². The standard InChI is InChI=1S/C22H22N6O7SSe/c1-22(2,20(33)34)35-26-13(12-10-37-21(23)24-12)16(29)25-14-17(30)28-15(19(31)32)11(9-36-18(14)28)8-27-6-4-3-5-7-27/h3-7,10,14,18H,8-9H2,1-2H3,(H4-,23,24,25,29,31,32,33,34)/p+1/b26-13-. The number of carboxylic acids is 2. The van der Waals surface area contributed by atoms with E-state index in [9.17, 15) is 29.4 Å². The molecule has 2 aromatic rings. The van der Waals surface area contributed by atoms with Crippen molar-refractivity contribution in [1.29, 1.82) is 0 Å². The van der Waals surface area contributed by atoms with Crippen molar-refractivity contribution in [3.8, 4) is 0 Å². The van der Waals surface area contributed by atoms with E-state index in [-0.39, 0.29) is 36.3 Å². The molecule has 5 N–H and O–H groups in total. The number of nitrogens with zero attached hydrogens (tertiary/aromatic N) is 4. The molecule has 2 aliphatic heterocycles. The average molecular weight is 594 g/mol. The molecule has 0 aromatic carbocycles.